The number of aromatic nitrogens is 4. The second-order valence-electron chi connectivity index (χ2n) is 6.04. The van der Waals surface area contributed by atoms with Crippen molar-refractivity contribution in [3.05, 3.63) is 54.1 Å². The van der Waals surface area contributed by atoms with E-state index in [0.29, 0.717) is 39.7 Å². The van der Waals surface area contributed by atoms with Crippen LogP contribution in [0.25, 0.3) is 28.0 Å². The van der Waals surface area contributed by atoms with Gasteiger partial charge in [-0.1, -0.05) is 6.07 Å². The highest BCUT2D eigenvalue weighted by Gasteiger charge is 2.19. The van der Waals surface area contributed by atoms with Gasteiger partial charge in [-0.2, -0.15) is 4.52 Å². The fourth-order valence-electron chi connectivity index (χ4n) is 2.99. The smallest absolute Gasteiger partial charge is 0.223 e. The SMILES string of the molecule is Cc1nc2c(-c3ccc(NN)c(N)c3)c(-c3ccc(F)cc3)nc(N)n2n1. The van der Waals surface area contributed by atoms with Crippen molar-refractivity contribution in [1.29, 1.82) is 0 Å². The van der Waals surface area contributed by atoms with Gasteiger partial charge in [-0.15, -0.1) is 5.10 Å². The van der Waals surface area contributed by atoms with Crippen LogP contribution in [0, 0.1) is 12.7 Å². The highest BCUT2D eigenvalue weighted by atomic mass is 19.1. The normalized spacial score (nSPS) is 11.1. The Morgan fingerprint density at radius 2 is 1.70 bits per heavy atom. The van der Waals surface area contributed by atoms with Gasteiger partial charge in [0.25, 0.3) is 0 Å². The molecule has 0 aliphatic rings. The maximum absolute atomic E-state index is 13.4. The molecule has 0 saturated heterocycles. The molecule has 0 spiro atoms. The Hall–Kier alpha value is -3.72. The minimum atomic E-state index is -0.338. The standard InChI is InChI=1S/C18H17FN8/c1-9-23-17-15(11-4-7-14(25-22)13(20)8-11)16(24-18(21)27(17)26-9)10-2-5-12(19)6-3-10/h2-8,25H,20,22H2,1H3,(H2,21,24). The van der Waals surface area contributed by atoms with Gasteiger partial charge >= 0.3 is 0 Å². The average molecular weight is 364 g/mol. The summed E-state index contributed by atoms with van der Waals surface area (Å²) in [6.45, 7) is 1.77. The zero-order chi connectivity index (χ0) is 19.1. The van der Waals surface area contributed by atoms with Crippen molar-refractivity contribution in [3.63, 3.8) is 0 Å². The molecule has 136 valence electrons. The Labute approximate surface area is 153 Å². The summed E-state index contributed by atoms with van der Waals surface area (Å²) in [6, 6.07) is 11.4. The van der Waals surface area contributed by atoms with Crippen LogP contribution in [0.3, 0.4) is 0 Å². The molecule has 2 heterocycles. The van der Waals surface area contributed by atoms with Crippen LogP contribution in [0.15, 0.2) is 42.5 Å². The molecule has 0 bridgehead atoms. The lowest BCUT2D eigenvalue weighted by atomic mass is 9.99. The summed E-state index contributed by atoms with van der Waals surface area (Å²) in [6.07, 6.45) is 0. The van der Waals surface area contributed by atoms with Crippen LogP contribution in [0.1, 0.15) is 5.82 Å². The molecule has 0 saturated carbocycles. The lowest BCUT2D eigenvalue weighted by molar-refractivity contribution is 0.628. The minimum Gasteiger partial charge on any atom is -0.397 e. The van der Waals surface area contributed by atoms with E-state index in [2.05, 4.69) is 20.5 Å². The van der Waals surface area contributed by atoms with E-state index in [4.69, 9.17) is 17.3 Å². The molecular formula is C18H17FN8. The van der Waals surface area contributed by atoms with E-state index in [1.807, 2.05) is 6.07 Å². The van der Waals surface area contributed by atoms with Crippen molar-refractivity contribution >= 4 is 23.0 Å². The lowest BCUT2D eigenvalue weighted by Gasteiger charge is -2.13. The molecule has 7 N–H and O–H groups in total. The average Bonchev–Trinajstić information content (AvgIpc) is 3.04. The number of hydrogen-bond acceptors (Lipinski definition) is 7. The predicted molar refractivity (Wildman–Crippen MR) is 103 cm³/mol. The number of rotatable bonds is 3. The summed E-state index contributed by atoms with van der Waals surface area (Å²) in [7, 11) is 0. The first-order chi connectivity index (χ1) is 13.0. The zero-order valence-electron chi connectivity index (χ0n) is 14.4. The summed E-state index contributed by atoms with van der Waals surface area (Å²) in [4.78, 5) is 9.00. The van der Waals surface area contributed by atoms with Crippen LogP contribution in [0.4, 0.5) is 21.7 Å². The third kappa shape index (κ3) is 2.79. The van der Waals surface area contributed by atoms with Crippen LogP contribution in [0.2, 0.25) is 0 Å². The van der Waals surface area contributed by atoms with E-state index in [-0.39, 0.29) is 11.8 Å². The molecule has 0 atom stereocenters. The number of nitrogens with one attached hydrogen (secondary N) is 1. The Bertz CT molecular complexity index is 1150. The Morgan fingerprint density at radius 1 is 1.00 bits per heavy atom. The van der Waals surface area contributed by atoms with Crippen LogP contribution < -0.4 is 22.7 Å². The summed E-state index contributed by atoms with van der Waals surface area (Å²) < 4.78 is 14.9. The van der Waals surface area contributed by atoms with Gasteiger partial charge in [0.15, 0.2) is 5.65 Å². The number of hydrazine groups is 1. The highest BCUT2D eigenvalue weighted by Crippen LogP contribution is 2.36. The molecule has 27 heavy (non-hydrogen) atoms. The topological polar surface area (TPSA) is 133 Å². The maximum atomic E-state index is 13.4. The van der Waals surface area contributed by atoms with Crippen molar-refractivity contribution in [1.82, 2.24) is 19.6 Å². The Balaban J connectivity index is 2.07. The molecule has 0 aliphatic carbocycles. The van der Waals surface area contributed by atoms with Gasteiger partial charge in [0, 0.05) is 5.56 Å². The van der Waals surface area contributed by atoms with Crippen molar-refractivity contribution in [2.45, 2.75) is 6.92 Å². The van der Waals surface area contributed by atoms with Crippen LogP contribution in [-0.2, 0) is 0 Å². The van der Waals surface area contributed by atoms with E-state index in [1.165, 1.54) is 16.6 Å². The summed E-state index contributed by atoms with van der Waals surface area (Å²) in [5.74, 6) is 5.86. The van der Waals surface area contributed by atoms with E-state index in [9.17, 15) is 4.39 Å². The van der Waals surface area contributed by atoms with E-state index >= 15 is 0 Å². The number of aryl methyl sites for hydroxylation is 1. The van der Waals surface area contributed by atoms with Gasteiger partial charge in [0.1, 0.15) is 11.6 Å². The van der Waals surface area contributed by atoms with E-state index in [0.717, 1.165) is 5.56 Å². The monoisotopic (exact) mass is 364 g/mol. The number of fused-ring (bicyclic) bond motifs is 1. The molecule has 0 amide bonds. The number of nitrogens with two attached hydrogens (primary N) is 3. The summed E-state index contributed by atoms with van der Waals surface area (Å²) in [5, 5.41) is 4.30. The summed E-state index contributed by atoms with van der Waals surface area (Å²) >= 11 is 0. The third-order valence-electron chi connectivity index (χ3n) is 4.23. The van der Waals surface area contributed by atoms with Crippen molar-refractivity contribution < 1.29 is 4.39 Å². The molecule has 9 heteroatoms. The second kappa shape index (κ2) is 6.22. The number of benzene rings is 2. The first-order valence-electron chi connectivity index (χ1n) is 8.13. The molecule has 2 aromatic carbocycles. The lowest BCUT2D eigenvalue weighted by Crippen LogP contribution is -2.09. The molecule has 4 aromatic rings. The maximum Gasteiger partial charge on any atom is 0.223 e. The van der Waals surface area contributed by atoms with Crippen molar-refractivity contribution in [3.8, 4) is 22.4 Å². The third-order valence-corrected chi connectivity index (χ3v) is 4.23. The van der Waals surface area contributed by atoms with Gasteiger partial charge < -0.3 is 16.9 Å². The number of nitrogen functional groups attached to an aromatic ring is 3. The minimum absolute atomic E-state index is 0.182. The molecular weight excluding hydrogens is 347 g/mol. The molecule has 4 rings (SSSR count). The predicted octanol–water partition coefficient (Wildman–Crippen LogP) is 2.36. The van der Waals surface area contributed by atoms with Crippen LogP contribution >= 0.6 is 0 Å². The fraction of sp³-hybridized carbons (Fsp3) is 0.0556. The molecule has 8 nitrogen and oxygen atoms in total. The Morgan fingerprint density at radius 3 is 2.37 bits per heavy atom. The Kier molecular flexibility index (Phi) is 3.85. The quantitative estimate of drug-likeness (QED) is 0.249. The number of hydrogen-bond donors (Lipinski definition) is 4. The number of nitrogens with zero attached hydrogens (tertiary/aromatic N) is 4. The molecule has 0 fully saturated rings. The molecule has 0 radical (unpaired) electrons. The van der Waals surface area contributed by atoms with Crippen LogP contribution in [-0.4, -0.2) is 19.6 Å². The van der Waals surface area contributed by atoms with Crippen molar-refractivity contribution in [2.24, 2.45) is 5.84 Å². The fourth-order valence-corrected chi connectivity index (χ4v) is 2.99. The largest absolute Gasteiger partial charge is 0.397 e. The zero-order valence-corrected chi connectivity index (χ0v) is 14.4. The van der Waals surface area contributed by atoms with Gasteiger partial charge in [0.05, 0.1) is 22.6 Å². The van der Waals surface area contributed by atoms with E-state index in [1.54, 1.807) is 31.2 Å². The molecule has 2 aromatic heterocycles. The number of halogens is 1. The molecule has 0 aliphatic heterocycles. The van der Waals surface area contributed by atoms with Gasteiger partial charge in [0.2, 0.25) is 5.95 Å². The first-order valence-corrected chi connectivity index (χ1v) is 8.13. The van der Waals surface area contributed by atoms with Crippen molar-refractivity contribution in [2.75, 3.05) is 16.9 Å². The second-order valence-corrected chi connectivity index (χ2v) is 6.04. The highest BCUT2D eigenvalue weighted by molar-refractivity contribution is 5.92. The first kappa shape index (κ1) is 16.7. The number of anilines is 3. The summed E-state index contributed by atoms with van der Waals surface area (Å²) in [5.41, 5.74) is 19.0. The van der Waals surface area contributed by atoms with Gasteiger partial charge in [-0.05, 0) is 48.9 Å². The van der Waals surface area contributed by atoms with Crippen LogP contribution in [0.5, 0.6) is 0 Å². The van der Waals surface area contributed by atoms with Gasteiger partial charge in [-0.3, -0.25) is 5.84 Å². The van der Waals surface area contributed by atoms with Gasteiger partial charge in [-0.25, -0.2) is 14.4 Å². The van der Waals surface area contributed by atoms with E-state index < -0.39 is 0 Å². The molecule has 0 unspecified atom stereocenters.